The molecule has 0 aliphatic heterocycles. The van der Waals surface area contributed by atoms with E-state index in [9.17, 15) is 40.9 Å². The van der Waals surface area contributed by atoms with Crippen LogP contribution in [0.1, 0.15) is 35.1 Å². The maximum Gasteiger partial charge on any atom is 0.204 e. The van der Waals surface area contributed by atoms with Crippen molar-refractivity contribution in [1.29, 1.82) is 0 Å². The molecule has 8 N–H and O–H groups in total. The standard InChI is InChI=1S/C55H38N2O8/c58-47-43-44-46(50(61)54(65)52(63)48(44)59)55(45(43)49(60)53(64)51(47)62)37-18-9-7-17-35(37)42-38(55)19-11-21-41(42)56(32-24-22-30(23-25-32)29-12-3-1-4-13-29)33-26-27-40-36(28-33)34-16-8-10-20-39(34)57(40)31-14-5-2-6-15-31/h1,3-5,7-28,58-65H,2,6H2. The van der Waals surface area contributed by atoms with Gasteiger partial charge in [-0.1, -0.05) is 109 Å². The molecule has 0 saturated carbocycles. The highest BCUT2D eigenvalue weighted by atomic mass is 16.4. The van der Waals surface area contributed by atoms with Crippen molar-refractivity contribution in [2.75, 3.05) is 4.90 Å². The molecule has 65 heavy (non-hydrogen) atoms. The van der Waals surface area contributed by atoms with E-state index in [1.54, 1.807) is 18.2 Å². The number of phenols is 8. The van der Waals surface area contributed by atoms with Crippen LogP contribution in [0.15, 0.2) is 158 Å². The van der Waals surface area contributed by atoms with Crippen LogP contribution in [-0.2, 0) is 5.41 Å². The molecule has 9 aromatic rings. The zero-order chi connectivity index (χ0) is 44.5. The fraction of sp³-hybridized carbons (Fsp3) is 0.0545. The predicted molar refractivity (Wildman–Crippen MR) is 252 cm³/mol. The molecule has 1 heterocycles. The fourth-order valence-electron chi connectivity index (χ4n) is 10.8. The summed E-state index contributed by atoms with van der Waals surface area (Å²) in [5.74, 6) is -7.72. The third kappa shape index (κ3) is 4.93. The molecule has 3 aliphatic rings. The highest BCUT2D eigenvalue weighted by Gasteiger charge is 2.59. The van der Waals surface area contributed by atoms with Gasteiger partial charge in [0.25, 0.3) is 0 Å². The average Bonchev–Trinajstić information content (AvgIpc) is 3.97. The summed E-state index contributed by atoms with van der Waals surface area (Å²) in [6.07, 6.45) is 8.56. The molecule has 0 amide bonds. The number of benzene rings is 8. The van der Waals surface area contributed by atoms with E-state index in [1.807, 2.05) is 54.6 Å². The number of phenolic OH excluding ortho intramolecular Hbond substituents is 8. The second kappa shape index (κ2) is 13.6. The van der Waals surface area contributed by atoms with Gasteiger partial charge in [-0.2, -0.15) is 0 Å². The summed E-state index contributed by atoms with van der Waals surface area (Å²) in [7, 11) is 0. The highest BCUT2D eigenvalue weighted by molar-refractivity contribution is 6.13. The number of nitrogens with zero attached hydrogens (tertiary/aromatic N) is 2. The van der Waals surface area contributed by atoms with Crippen LogP contribution in [0.5, 0.6) is 46.0 Å². The van der Waals surface area contributed by atoms with Gasteiger partial charge < -0.3 is 50.3 Å². The van der Waals surface area contributed by atoms with Crippen molar-refractivity contribution < 1.29 is 40.9 Å². The Labute approximate surface area is 371 Å². The van der Waals surface area contributed by atoms with Crippen molar-refractivity contribution in [3.8, 4) is 79.4 Å². The van der Waals surface area contributed by atoms with Gasteiger partial charge in [-0.25, -0.2) is 0 Å². The van der Waals surface area contributed by atoms with Gasteiger partial charge in [0.2, 0.25) is 23.0 Å². The van der Waals surface area contributed by atoms with Crippen LogP contribution in [0.4, 0.5) is 17.1 Å². The normalized spacial score (nSPS) is 14.1. The number of hydrogen-bond acceptors (Lipinski definition) is 9. The summed E-state index contributed by atoms with van der Waals surface area (Å²) < 4.78 is 2.29. The number of fused-ring (bicyclic) bond motifs is 13. The molecule has 0 bridgehead atoms. The van der Waals surface area contributed by atoms with E-state index < -0.39 is 51.4 Å². The summed E-state index contributed by atoms with van der Waals surface area (Å²) >= 11 is 0. The van der Waals surface area contributed by atoms with Crippen LogP contribution in [0.2, 0.25) is 0 Å². The lowest BCUT2D eigenvalue weighted by molar-refractivity contribution is 0.342. The molecule has 316 valence electrons. The van der Waals surface area contributed by atoms with E-state index in [0.29, 0.717) is 27.9 Å². The van der Waals surface area contributed by atoms with Crippen LogP contribution in [-0.4, -0.2) is 45.4 Å². The third-order valence-electron chi connectivity index (χ3n) is 13.5. The largest absolute Gasteiger partial charge is 0.504 e. The van der Waals surface area contributed by atoms with Gasteiger partial charge in [-0.15, -0.1) is 0 Å². The summed E-state index contributed by atoms with van der Waals surface area (Å²) in [6.45, 7) is 0. The van der Waals surface area contributed by atoms with Crippen molar-refractivity contribution in [3.63, 3.8) is 0 Å². The summed E-state index contributed by atoms with van der Waals surface area (Å²) in [5.41, 5.74) is 6.81. The molecular weight excluding hydrogens is 817 g/mol. The second-order valence-corrected chi connectivity index (χ2v) is 16.7. The van der Waals surface area contributed by atoms with E-state index in [2.05, 4.69) is 94.4 Å². The quantitative estimate of drug-likeness (QED) is 0.0620. The predicted octanol–water partition coefficient (Wildman–Crippen LogP) is 12.1. The summed E-state index contributed by atoms with van der Waals surface area (Å²) in [4.78, 5) is 2.14. The van der Waals surface area contributed by atoms with Gasteiger partial charge in [0, 0.05) is 55.7 Å². The van der Waals surface area contributed by atoms with Crippen molar-refractivity contribution in [1.82, 2.24) is 4.57 Å². The molecule has 0 radical (unpaired) electrons. The van der Waals surface area contributed by atoms with Crippen LogP contribution >= 0.6 is 0 Å². The number of rotatable bonds is 5. The minimum absolute atomic E-state index is 0.182. The third-order valence-corrected chi connectivity index (χ3v) is 13.5. The van der Waals surface area contributed by atoms with Crippen molar-refractivity contribution in [3.05, 3.63) is 180 Å². The Morgan fingerprint density at radius 1 is 0.446 bits per heavy atom. The zero-order valence-corrected chi connectivity index (χ0v) is 34.4. The zero-order valence-electron chi connectivity index (χ0n) is 34.4. The van der Waals surface area contributed by atoms with Crippen LogP contribution < -0.4 is 4.90 Å². The topological polar surface area (TPSA) is 170 Å². The number of anilines is 3. The first-order chi connectivity index (χ1) is 31.6. The molecule has 12 rings (SSSR count). The van der Waals surface area contributed by atoms with E-state index in [0.717, 1.165) is 62.8 Å². The Bertz CT molecular complexity index is 3520. The second-order valence-electron chi connectivity index (χ2n) is 16.7. The summed E-state index contributed by atoms with van der Waals surface area (Å²) in [5, 5.41) is 93.6. The number of aromatic hydroxyl groups is 8. The molecule has 1 aromatic heterocycles. The molecule has 0 fully saturated rings. The average molecular weight is 855 g/mol. The van der Waals surface area contributed by atoms with Crippen molar-refractivity contribution in [2.45, 2.75) is 18.3 Å². The van der Waals surface area contributed by atoms with E-state index in [-0.39, 0.29) is 22.3 Å². The van der Waals surface area contributed by atoms with Crippen molar-refractivity contribution in [2.24, 2.45) is 0 Å². The Morgan fingerprint density at radius 3 is 1.72 bits per heavy atom. The molecule has 0 unspecified atom stereocenters. The van der Waals surface area contributed by atoms with Gasteiger partial charge in [0.1, 0.15) is 0 Å². The molecule has 1 spiro atoms. The SMILES string of the molecule is Oc1c(O)c(O)c2c(c1O)-c1c(O)c(O)c(O)c(O)c1C21c2ccccc2-c2c(N(c3ccc(-c4ccccc4)cc3)c3ccc4c(c3)c3ccccc3n4C3=CCCC=C3)cccc21. The van der Waals surface area contributed by atoms with Gasteiger partial charge in [-0.05, 0) is 89.2 Å². The number of aromatic nitrogens is 1. The monoisotopic (exact) mass is 854 g/mol. The lowest BCUT2D eigenvalue weighted by Crippen LogP contribution is -2.26. The number of hydrogen-bond donors (Lipinski definition) is 8. The molecule has 10 heteroatoms. The minimum Gasteiger partial charge on any atom is -0.504 e. The molecule has 10 nitrogen and oxygen atoms in total. The molecule has 8 aromatic carbocycles. The maximum absolute atomic E-state index is 12.0. The first kappa shape index (κ1) is 38.0. The van der Waals surface area contributed by atoms with Gasteiger partial charge in [0.05, 0.1) is 22.1 Å². The molecule has 3 aliphatic carbocycles. The Morgan fingerprint density at radius 2 is 1.03 bits per heavy atom. The maximum atomic E-state index is 12.0. The Hall–Kier alpha value is -8.76. The Kier molecular flexibility index (Phi) is 7.95. The van der Waals surface area contributed by atoms with E-state index in [1.165, 1.54) is 0 Å². The molecule has 0 atom stereocenters. The van der Waals surface area contributed by atoms with Crippen LogP contribution in [0.25, 0.3) is 60.9 Å². The highest BCUT2D eigenvalue weighted by Crippen LogP contribution is 2.74. The lowest BCUT2D eigenvalue weighted by Gasteiger charge is -2.32. The first-order valence-corrected chi connectivity index (χ1v) is 21.2. The number of allylic oxidation sites excluding steroid dienone is 4. The molecular formula is C55H38N2O8. The molecule has 0 saturated heterocycles. The van der Waals surface area contributed by atoms with Crippen LogP contribution in [0, 0.1) is 0 Å². The number of para-hydroxylation sites is 1. The van der Waals surface area contributed by atoms with Crippen LogP contribution in [0.3, 0.4) is 0 Å². The Balaban J connectivity index is 1.18. The van der Waals surface area contributed by atoms with Gasteiger partial charge in [0.15, 0.2) is 23.0 Å². The smallest absolute Gasteiger partial charge is 0.204 e. The lowest BCUT2D eigenvalue weighted by atomic mass is 9.69. The van der Waals surface area contributed by atoms with Gasteiger partial charge >= 0.3 is 0 Å². The van der Waals surface area contributed by atoms with E-state index >= 15 is 0 Å². The van der Waals surface area contributed by atoms with E-state index in [4.69, 9.17) is 0 Å². The van der Waals surface area contributed by atoms with Crippen molar-refractivity contribution >= 4 is 44.6 Å². The first-order valence-electron chi connectivity index (χ1n) is 21.2. The fourth-order valence-corrected chi connectivity index (χ4v) is 10.8. The minimum atomic E-state index is -1.85. The van der Waals surface area contributed by atoms with Gasteiger partial charge in [-0.3, -0.25) is 0 Å². The summed E-state index contributed by atoms with van der Waals surface area (Å²) in [6, 6.07) is 45.9.